The van der Waals surface area contributed by atoms with Crippen LogP contribution < -0.4 is 4.74 Å². The summed E-state index contributed by atoms with van der Waals surface area (Å²) in [4.78, 5) is 0. The molecule has 1 nitrogen and oxygen atoms in total. The molecule has 0 radical (unpaired) electrons. The van der Waals surface area contributed by atoms with Crippen molar-refractivity contribution in [3.63, 3.8) is 0 Å². The maximum absolute atomic E-state index is 6.16. The fraction of sp³-hybridized carbons (Fsp3) is 0.829. The lowest BCUT2D eigenvalue weighted by Gasteiger charge is -2.32. The minimum atomic E-state index is 0.889. The molecule has 0 spiro atoms. The van der Waals surface area contributed by atoms with Crippen molar-refractivity contribution >= 4 is 0 Å². The van der Waals surface area contributed by atoms with Gasteiger partial charge in [0.25, 0.3) is 0 Å². The number of ether oxygens (including phenoxy) is 1. The lowest BCUT2D eigenvalue weighted by Crippen LogP contribution is -2.20. The average Bonchev–Trinajstić information content (AvgIpc) is 2.92. The second-order valence-corrected chi connectivity index (χ2v) is 12.6. The Morgan fingerprint density at radius 1 is 0.583 bits per heavy atom. The minimum absolute atomic E-state index is 0.889. The third-order valence-electron chi connectivity index (χ3n) is 9.68. The molecule has 1 aromatic rings. The van der Waals surface area contributed by atoms with Crippen molar-refractivity contribution in [2.24, 2.45) is 23.7 Å². The Bertz CT molecular complexity index is 641. The number of hydrogen-bond acceptors (Lipinski definition) is 1. The maximum Gasteiger partial charge on any atom is 0.119 e. The predicted molar refractivity (Wildman–Crippen MR) is 158 cm³/mol. The summed E-state index contributed by atoms with van der Waals surface area (Å²) in [5, 5.41) is 0. The molecule has 0 heterocycles. The standard InChI is InChI=1S/C35H60O/c1-3-5-7-8-10-15-33-16-11-12-17-34(33)18-13-29-36-35-27-25-32(26-28-35)24-23-31-21-19-30(20-22-31)14-9-6-4-2/h25-28,30-31,33-34H,3-24,29H2,1-2H3. The average molecular weight is 497 g/mol. The Balaban J connectivity index is 1.26. The van der Waals surface area contributed by atoms with Crippen LogP contribution in [0.3, 0.4) is 0 Å². The summed E-state index contributed by atoms with van der Waals surface area (Å²) in [5.74, 6) is 5.02. The first-order valence-electron chi connectivity index (χ1n) is 16.5. The highest BCUT2D eigenvalue weighted by molar-refractivity contribution is 5.27. The quantitative estimate of drug-likeness (QED) is 0.184. The lowest BCUT2D eigenvalue weighted by atomic mass is 9.74. The van der Waals surface area contributed by atoms with Crippen molar-refractivity contribution < 1.29 is 4.74 Å². The monoisotopic (exact) mass is 496 g/mol. The van der Waals surface area contributed by atoms with Gasteiger partial charge in [0.05, 0.1) is 6.61 Å². The van der Waals surface area contributed by atoms with Crippen LogP contribution in [0.4, 0.5) is 0 Å². The summed E-state index contributed by atoms with van der Waals surface area (Å²) in [6, 6.07) is 9.09. The first kappa shape index (κ1) is 29.6. The first-order chi connectivity index (χ1) is 17.8. The lowest BCUT2D eigenvalue weighted by molar-refractivity contribution is 0.190. The van der Waals surface area contributed by atoms with Gasteiger partial charge in [0.15, 0.2) is 0 Å². The third-order valence-corrected chi connectivity index (χ3v) is 9.68. The molecule has 0 N–H and O–H groups in total. The number of benzene rings is 1. The zero-order chi connectivity index (χ0) is 25.3. The van der Waals surface area contributed by atoms with E-state index in [4.69, 9.17) is 4.74 Å². The van der Waals surface area contributed by atoms with Crippen molar-refractivity contribution in [1.82, 2.24) is 0 Å². The van der Waals surface area contributed by atoms with Gasteiger partial charge in [0.1, 0.15) is 5.75 Å². The van der Waals surface area contributed by atoms with Crippen molar-refractivity contribution in [3.05, 3.63) is 29.8 Å². The van der Waals surface area contributed by atoms with Crippen LogP contribution in [-0.2, 0) is 6.42 Å². The van der Waals surface area contributed by atoms with Crippen molar-refractivity contribution in [3.8, 4) is 5.75 Å². The zero-order valence-corrected chi connectivity index (χ0v) is 24.3. The molecule has 2 saturated carbocycles. The molecule has 206 valence electrons. The summed E-state index contributed by atoms with van der Waals surface area (Å²) in [6.45, 7) is 5.52. The van der Waals surface area contributed by atoms with Crippen LogP contribution in [0.25, 0.3) is 0 Å². The van der Waals surface area contributed by atoms with E-state index < -0.39 is 0 Å². The molecule has 2 atom stereocenters. The SMILES string of the molecule is CCCCCCCC1CCCCC1CCCOc1ccc(CCC2CCC(CCCCC)CC2)cc1. The molecule has 0 aromatic heterocycles. The number of aryl methyl sites for hydroxylation is 1. The molecular weight excluding hydrogens is 436 g/mol. The van der Waals surface area contributed by atoms with E-state index in [2.05, 4.69) is 38.1 Å². The van der Waals surface area contributed by atoms with Crippen LogP contribution in [-0.4, -0.2) is 6.61 Å². The molecule has 3 rings (SSSR count). The van der Waals surface area contributed by atoms with E-state index in [1.807, 2.05) is 0 Å². The molecule has 0 saturated heterocycles. The van der Waals surface area contributed by atoms with Crippen molar-refractivity contribution in [1.29, 1.82) is 0 Å². The minimum Gasteiger partial charge on any atom is -0.494 e. The molecule has 1 aromatic carbocycles. The molecule has 2 unspecified atom stereocenters. The predicted octanol–water partition coefficient (Wildman–Crippen LogP) is 11.3. The zero-order valence-electron chi connectivity index (χ0n) is 24.3. The van der Waals surface area contributed by atoms with Gasteiger partial charge in [-0.25, -0.2) is 0 Å². The van der Waals surface area contributed by atoms with Gasteiger partial charge in [-0.05, 0) is 67.1 Å². The Hall–Kier alpha value is -0.980. The molecule has 36 heavy (non-hydrogen) atoms. The van der Waals surface area contributed by atoms with Gasteiger partial charge in [0.2, 0.25) is 0 Å². The van der Waals surface area contributed by atoms with Gasteiger partial charge in [-0.2, -0.15) is 0 Å². The Labute approximate surface area is 225 Å². The molecule has 2 aliphatic carbocycles. The second-order valence-electron chi connectivity index (χ2n) is 12.6. The van der Waals surface area contributed by atoms with E-state index >= 15 is 0 Å². The fourth-order valence-corrected chi connectivity index (χ4v) is 7.21. The molecule has 2 aliphatic rings. The number of rotatable bonds is 18. The number of hydrogen-bond donors (Lipinski definition) is 0. The van der Waals surface area contributed by atoms with Gasteiger partial charge >= 0.3 is 0 Å². The van der Waals surface area contributed by atoms with Crippen LogP contribution >= 0.6 is 0 Å². The summed E-state index contributed by atoms with van der Waals surface area (Å²) < 4.78 is 6.16. The van der Waals surface area contributed by atoms with Gasteiger partial charge in [0, 0.05) is 0 Å². The Morgan fingerprint density at radius 3 is 1.81 bits per heavy atom. The Kier molecular flexibility index (Phi) is 15.0. The van der Waals surface area contributed by atoms with Crippen LogP contribution in [0.2, 0.25) is 0 Å². The largest absolute Gasteiger partial charge is 0.494 e. The summed E-state index contributed by atoms with van der Waals surface area (Å²) in [5.41, 5.74) is 1.50. The van der Waals surface area contributed by atoms with Crippen LogP contribution in [0.15, 0.2) is 24.3 Å². The highest BCUT2D eigenvalue weighted by Crippen LogP contribution is 2.37. The van der Waals surface area contributed by atoms with E-state index in [1.54, 1.807) is 0 Å². The smallest absolute Gasteiger partial charge is 0.119 e. The molecule has 2 fully saturated rings. The normalized spacial score (nSPS) is 24.6. The van der Waals surface area contributed by atoms with Crippen LogP contribution in [0, 0.1) is 23.7 Å². The van der Waals surface area contributed by atoms with Gasteiger partial charge in [-0.1, -0.05) is 142 Å². The summed E-state index contributed by atoms with van der Waals surface area (Å²) >= 11 is 0. The third kappa shape index (κ3) is 11.6. The summed E-state index contributed by atoms with van der Waals surface area (Å²) in [7, 11) is 0. The fourth-order valence-electron chi connectivity index (χ4n) is 7.21. The van der Waals surface area contributed by atoms with Gasteiger partial charge < -0.3 is 4.74 Å². The molecule has 1 heteroatoms. The second kappa shape index (κ2) is 18.3. The first-order valence-corrected chi connectivity index (χ1v) is 16.5. The van der Waals surface area contributed by atoms with E-state index in [1.165, 1.54) is 147 Å². The van der Waals surface area contributed by atoms with Crippen molar-refractivity contribution in [2.45, 2.75) is 155 Å². The topological polar surface area (TPSA) is 9.23 Å². The molecule has 0 aliphatic heterocycles. The van der Waals surface area contributed by atoms with Gasteiger partial charge in [-0.15, -0.1) is 0 Å². The van der Waals surface area contributed by atoms with Crippen LogP contribution in [0.5, 0.6) is 5.75 Å². The van der Waals surface area contributed by atoms with E-state index in [9.17, 15) is 0 Å². The van der Waals surface area contributed by atoms with E-state index in [0.29, 0.717) is 0 Å². The molecule has 0 amide bonds. The maximum atomic E-state index is 6.16. The summed E-state index contributed by atoms with van der Waals surface area (Å²) in [6.07, 6.45) is 31.4. The molecular formula is C35H60O. The highest BCUT2D eigenvalue weighted by Gasteiger charge is 2.24. The van der Waals surface area contributed by atoms with Crippen LogP contribution in [0.1, 0.15) is 154 Å². The number of unbranched alkanes of at least 4 members (excludes halogenated alkanes) is 6. The highest BCUT2D eigenvalue weighted by atomic mass is 16.5. The van der Waals surface area contributed by atoms with Gasteiger partial charge in [-0.3, -0.25) is 0 Å². The van der Waals surface area contributed by atoms with E-state index in [-0.39, 0.29) is 0 Å². The van der Waals surface area contributed by atoms with Crippen molar-refractivity contribution in [2.75, 3.05) is 6.61 Å². The molecule has 0 bridgehead atoms. The Morgan fingerprint density at radius 2 is 1.14 bits per heavy atom. The van der Waals surface area contributed by atoms with E-state index in [0.717, 1.165) is 36.0 Å².